The van der Waals surface area contributed by atoms with Gasteiger partial charge in [0.1, 0.15) is 17.2 Å². The van der Waals surface area contributed by atoms with E-state index < -0.39 is 8.32 Å². The molecule has 0 aliphatic carbocycles. The van der Waals surface area contributed by atoms with Crippen molar-refractivity contribution < 1.29 is 34.0 Å². The quantitative estimate of drug-likeness (QED) is 0.0969. The maximum Gasteiger partial charge on any atom is 0.270 e. The predicted octanol–water partition coefficient (Wildman–Crippen LogP) is 6.47. The number of benzene rings is 3. The first-order chi connectivity index (χ1) is 22.2. The molecule has 5 N–H and O–H groups in total. The first-order valence-electron chi connectivity index (χ1n) is 15.8. The van der Waals surface area contributed by atoms with E-state index >= 15 is 0 Å². The largest absolute Gasteiger partial charge is 0.508 e. The molecule has 1 aromatic heterocycles. The zero-order chi connectivity index (χ0) is 34.5. The van der Waals surface area contributed by atoms with E-state index in [1.165, 1.54) is 20.3 Å². The second-order valence-electron chi connectivity index (χ2n) is 13.5. The minimum Gasteiger partial charge on any atom is -0.508 e. The van der Waals surface area contributed by atoms with Crippen LogP contribution in [0.1, 0.15) is 61.0 Å². The van der Waals surface area contributed by atoms with Crippen molar-refractivity contribution in [3.63, 3.8) is 0 Å². The molecular weight excluding hydrogens is 614 g/mol. The zero-order valence-corrected chi connectivity index (χ0v) is 29.7. The van der Waals surface area contributed by atoms with Gasteiger partial charge in [0.05, 0.1) is 39.0 Å². The van der Waals surface area contributed by atoms with Gasteiger partial charge in [-0.3, -0.25) is 4.79 Å². The van der Waals surface area contributed by atoms with Gasteiger partial charge in [-0.25, -0.2) is 0 Å². The van der Waals surface area contributed by atoms with Crippen LogP contribution in [0.25, 0.3) is 10.9 Å². The number of hydrogen-bond donors (Lipinski definition) is 5. The van der Waals surface area contributed by atoms with E-state index in [9.17, 15) is 20.1 Å². The maximum absolute atomic E-state index is 14.2. The number of nitrogens with zero attached hydrogens (tertiary/aromatic N) is 1. The molecule has 1 amide bonds. The Morgan fingerprint density at radius 1 is 1.00 bits per heavy atom. The van der Waals surface area contributed by atoms with E-state index in [-0.39, 0.29) is 53.5 Å². The third-order valence-corrected chi connectivity index (χ3v) is 13.5. The number of aromatic hydroxyl groups is 2. The molecule has 254 valence electrons. The third kappa shape index (κ3) is 8.28. The molecule has 1 heterocycles. The summed E-state index contributed by atoms with van der Waals surface area (Å²) < 4.78 is 18.0. The number of methoxy groups -OCH3 is 2. The highest BCUT2D eigenvalue weighted by Gasteiger charge is 2.39. The smallest absolute Gasteiger partial charge is 0.270 e. The Kier molecular flexibility index (Phi) is 11.3. The average Bonchev–Trinajstić information content (AvgIpc) is 3.47. The van der Waals surface area contributed by atoms with Gasteiger partial charge >= 0.3 is 0 Å². The standard InChI is InChI=1S/C36H49N3O7Si/c1-23(37-19-33(46-47(7,8)36(2,3)4)25-13-14-30(41)26(17-25)22-40)20-39(21-27-32(44-5)16-15-31(42)34(27)45-6)35(43)29-18-24-11-9-10-12-28(24)38-29/h9-18,23,33,37-38,40-42H,19-22H2,1-8H3/t23-,33+/m1/s1. The minimum atomic E-state index is -2.24. The molecule has 4 aromatic rings. The van der Waals surface area contributed by atoms with Crippen LogP contribution in [0, 0.1) is 0 Å². The van der Waals surface area contributed by atoms with Crippen LogP contribution in [-0.2, 0) is 17.6 Å². The molecule has 0 aliphatic rings. The molecule has 0 saturated heterocycles. The number of aliphatic hydroxyl groups excluding tert-OH is 1. The number of carbonyl (C=O) groups excluding carboxylic acids is 1. The summed E-state index contributed by atoms with van der Waals surface area (Å²) in [4.78, 5) is 19.1. The van der Waals surface area contributed by atoms with Crippen molar-refractivity contribution in [3.05, 3.63) is 83.0 Å². The number of nitrogens with one attached hydrogen (secondary N) is 2. The Balaban J connectivity index is 1.64. The number of fused-ring (bicyclic) bond motifs is 1. The highest BCUT2D eigenvalue weighted by Crippen LogP contribution is 2.40. The van der Waals surface area contributed by atoms with Gasteiger partial charge in [-0.05, 0) is 67.0 Å². The van der Waals surface area contributed by atoms with Crippen LogP contribution in [0.3, 0.4) is 0 Å². The van der Waals surface area contributed by atoms with Crippen molar-refractivity contribution in [2.24, 2.45) is 0 Å². The van der Waals surface area contributed by atoms with Gasteiger partial charge < -0.3 is 44.4 Å². The summed E-state index contributed by atoms with van der Waals surface area (Å²) in [5.41, 5.74) is 3.12. The molecule has 0 aliphatic heterocycles. The van der Waals surface area contributed by atoms with E-state index in [4.69, 9.17) is 13.9 Å². The lowest BCUT2D eigenvalue weighted by atomic mass is 10.0. The zero-order valence-electron chi connectivity index (χ0n) is 28.7. The summed E-state index contributed by atoms with van der Waals surface area (Å²) in [6.07, 6.45) is -0.367. The minimum absolute atomic E-state index is 0.0348. The normalized spacial score (nSPS) is 13.4. The molecule has 0 fully saturated rings. The molecule has 0 bridgehead atoms. The van der Waals surface area contributed by atoms with Gasteiger partial charge in [-0.15, -0.1) is 0 Å². The Labute approximate surface area is 278 Å². The fourth-order valence-electron chi connectivity index (χ4n) is 5.33. The monoisotopic (exact) mass is 663 g/mol. The number of hydrogen-bond acceptors (Lipinski definition) is 8. The van der Waals surface area contributed by atoms with Gasteiger partial charge in [0.25, 0.3) is 5.91 Å². The van der Waals surface area contributed by atoms with Crippen molar-refractivity contribution in [1.82, 2.24) is 15.2 Å². The van der Waals surface area contributed by atoms with Crippen LogP contribution < -0.4 is 14.8 Å². The molecule has 2 atom stereocenters. The van der Waals surface area contributed by atoms with E-state index in [0.717, 1.165) is 16.5 Å². The summed E-state index contributed by atoms with van der Waals surface area (Å²) in [6, 6.07) is 17.7. The predicted molar refractivity (Wildman–Crippen MR) is 187 cm³/mol. The van der Waals surface area contributed by atoms with E-state index in [1.807, 2.05) is 43.3 Å². The number of aliphatic hydroxyl groups is 1. The molecule has 47 heavy (non-hydrogen) atoms. The molecule has 0 unspecified atom stereocenters. The van der Waals surface area contributed by atoms with Crippen LogP contribution in [0.15, 0.2) is 60.7 Å². The lowest BCUT2D eigenvalue weighted by Crippen LogP contribution is -2.46. The Hall–Kier alpha value is -4.03. The molecule has 3 aromatic carbocycles. The second-order valence-corrected chi connectivity index (χ2v) is 18.2. The molecule has 4 rings (SSSR count). The number of ether oxygens (including phenoxy) is 2. The van der Waals surface area contributed by atoms with Crippen molar-refractivity contribution in [1.29, 1.82) is 0 Å². The summed E-state index contributed by atoms with van der Waals surface area (Å²) in [5.74, 6) is 0.503. The van der Waals surface area contributed by atoms with Gasteiger partial charge in [0, 0.05) is 35.6 Å². The average molecular weight is 664 g/mol. The topological polar surface area (TPSA) is 137 Å². The summed E-state index contributed by atoms with van der Waals surface area (Å²) in [7, 11) is 0.774. The van der Waals surface area contributed by atoms with Crippen LogP contribution in [0.2, 0.25) is 18.1 Å². The van der Waals surface area contributed by atoms with E-state index in [2.05, 4.69) is 44.2 Å². The van der Waals surface area contributed by atoms with Crippen molar-refractivity contribution in [2.75, 3.05) is 27.3 Å². The first kappa shape index (κ1) is 35.8. The van der Waals surface area contributed by atoms with E-state index in [1.54, 1.807) is 23.1 Å². The van der Waals surface area contributed by atoms with E-state index in [0.29, 0.717) is 35.7 Å². The third-order valence-electron chi connectivity index (χ3n) is 9.05. The molecule has 0 spiro atoms. The number of aromatic nitrogens is 1. The van der Waals surface area contributed by atoms with Gasteiger partial charge in [0.2, 0.25) is 0 Å². The van der Waals surface area contributed by atoms with Gasteiger partial charge in [0.15, 0.2) is 19.8 Å². The van der Waals surface area contributed by atoms with Gasteiger partial charge in [-0.2, -0.15) is 0 Å². The molecule has 0 saturated carbocycles. The molecule has 0 radical (unpaired) electrons. The van der Waals surface area contributed by atoms with Crippen LogP contribution in [0.4, 0.5) is 0 Å². The summed E-state index contributed by atoms with van der Waals surface area (Å²) in [5, 5.41) is 35.1. The molecular formula is C36H49N3O7Si. The fourth-order valence-corrected chi connectivity index (χ4v) is 6.62. The fraction of sp³-hybridized carbons (Fsp3) is 0.417. The number of aromatic amines is 1. The van der Waals surface area contributed by atoms with Crippen LogP contribution in [0.5, 0.6) is 23.0 Å². The number of rotatable bonds is 14. The highest BCUT2D eigenvalue weighted by atomic mass is 28.4. The number of amides is 1. The molecule has 10 nitrogen and oxygen atoms in total. The second kappa shape index (κ2) is 14.8. The maximum atomic E-state index is 14.2. The van der Waals surface area contributed by atoms with Gasteiger partial charge in [-0.1, -0.05) is 45.0 Å². The first-order valence-corrected chi connectivity index (χ1v) is 18.7. The number of phenolic OH excluding ortho intramolecular Hbond substituents is 1. The highest BCUT2D eigenvalue weighted by molar-refractivity contribution is 6.74. The number of para-hydroxylation sites is 1. The van der Waals surface area contributed by atoms with Crippen molar-refractivity contribution in [3.8, 4) is 23.0 Å². The number of phenols is 2. The Morgan fingerprint density at radius 3 is 2.34 bits per heavy atom. The lowest BCUT2D eigenvalue weighted by Gasteiger charge is -2.40. The van der Waals surface area contributed by atoms with Crippen LogP contribution >= 0.6 is 0 Å². The SMILES string of the molecule is COc1ccc(O)c(OC)c1CN(C[C@@H](C)NC[C@H](O[Si](C)(C)C(C)(C)C)c1ccc(O)c(CO)c1)C(=O)c1cc2ccccc2[nH]1. The molecule has 11 heteroatoms. The van der Waals surface area contributed by atoms with Crippen molar-refractivity contribution in [2.45, 2.75) is 71.1 Å². The summed E-state index contributed by atoms with van der Waals surface area (Å²) >= 11 is 0. The lowest BCUT2D eigenvalue weighted by molar-refractivity contribution is 0.0716. The Bertz CT molecular complexity index is 1650. The Morgan fingerprint density at radius 2 is 1.70 bits per heavy atom. The van der Waals surface area contributed by atoms with Crippen molar-refractivity contribution >= 4 is 25.1 Å². The summed E-state index contributed by atoms with van der Waals surface area (Å²) in [6.45, 7) is 13.5. The number of carbonyl (C=O) groups is 1. The number of H-pyrrole nitrogens is 1. The van der Waals surface area contributed by atoms with Crippen LogP contribution in [-0.4, -0.2) is 72.8 Å².